The van der Waals surface area contributed by atoms with E-state index in [9.17, 15) is 0 Å². The van der Waals surface area contributed by atoms with Crippen LogP contribution in [0.25, 0.3) is 0 Å². The number of nitrogens with two attached hydrogens (primary N) is 1. The average Bonchev–Trinajstić information content (AvgIpc) is 2.46. The highest BCUT2D eigenvalue weighted by Gasteiger charge is 2.34. The van der Waals surface area contributed by atoms with Gasteiger partial charge in [-0.15, -0.1) is 0 Å². The summed E-state index contributed by atoms with van der Waals surface area (Å²) in [6.45, 7) is 11.7. The van der Waals surface area contributed by atoms with E-state index in [4.69, 9.17) is 5.73 Å². The van der Waals surface area contributed by atoms with Gasteiger partial charge in [-0.1, -0.05) is 26.7 Å². The van der Waals surface area contributed by atoms with Crippen LogP contribution in [-0.2, 0) is 0 Å². The van der Waals surface area contributed by atoms with Gasteiger partial charge in [-0.2, -0.15) is 0 Å². The van der Waals surface area contributed by atoms with E-state index < -0.39 is 0 Å². The van der Waals surface area contributed by atoms with Crippen molar-refractivity contribution < 1.29 is 0 Å². The van der Waals surface area contributed by atoms with E-state index in [-0.39, 0.29) is 0 Å². The summed E-state index contributed by atoms with van der Waals surface area (Å²) in [5, 5.41) is 0. The molecule has 3 unspecified atom stereocenters. The number of hydrogen-bond acceptors (Lipinski definition) is 3. The Morgan fingerprint density at radius 2 is 1.78 bits per heavy atom. The van der Waals surface area contributed by atoms with Crippen LogP contribution < -0.4 is 5.73 Å². The number of hydrogen-bond donors (Lipinski definition) is 1. The van der Waals surface area contributed by atoms with E-state index in [1.54, 1.807) is 0 Å². The van der Waals surface area contributed by atoms with Crippen molar-refractivity contribution in [3.8, 4) is 0 Å². The van der Waals surface area contributed by atoms with Gasteiger partial charge in [0.25, 0.3) is 0 Å². The molecule has 1 heterocycles. The normalized spacial score (nSPS) is 35.8. The second-order valence-corrected chi connectivity index (χ2v) is 6.12. The molecular formula is C15H31N3. The minimum atomic E-state index is 0.751. The van der Waals surface area contributed by atoms with Gasteiger partial charge in [0.2, 0.25) is 0 Å². The second kappa shape index (κ2) is 6.88. The van der Waals surface area contributed by atoms with E-state index >= 15 is 0 Å². The predicted octanol–water partition coefficient (Wildman–Crippen LogP) is 1.78. The van der Waals surface area contributed by atoms with Gasteiger partial charge in [-0.3, -0.25) is 4.90 Å². The van der Waals surface area contributed by atoms with Gasteiger partial charge >= 0.3 is 0 Å². The number of likely N-dealkylation sites (N-methyl/N-ethyl adjacent to an activating group) is 1. The fourth-order valence-corrected chi connectivity index (χ4v) is 3.80. The third kappa shape index (κ3) is 3.25. The molecule has 2 aliphatic rings. The summed E-state index contributed by atoms with van der Waals surface area (Å²) < 4.78 is 0. The molecule has 1 aliphatic carbocycles. The number of rotatable bonds is 4. The molecule has 0 spiro atoms. The van der Waals surface area contributed by atoms with Crippen molar-refractivity contribution in [3.05, 3.63) is 0 Å². The monoisotopic (exact) mass is 253 g/mol. The Labute approximate surface area is 113 Å². The molecule has 2 N–H and O–H groups in total. The van der Waals surface area contributed by atoms with Crippen LogP contribution in [0.15, 0.2) is 0 Å². The lowest BCUT2D eigenvalue weighted by Gasteiger charge is -2.45. The molecule has 0 aromatic heterocycles. The smallest absolute Gasteiger partial charge is 0.0139 e. The maximum atomic E-state index is 6.00. The van der Waals surface area contributed by atoms with Gasteiger partial charge in [0.15, 0.2) is 0 Å². The molecule has 1 saturated heterocycles. The van der Waals surface area contributed by atoms with Gasteiger partial charge in [-0.25, -0.2) is 0 Å². The summed E-state index contributed by atoms with van der Waals surface area (Å²) in [4.78, 5) is 5.31. The van der Waals surface area contributed by atoms with Crippen molar-refractivity contribution in [1.82, 2.24) is 9.80 Å². The van der Waals surface area contributed by atoms with Gasteiger partial charge in [0, 0.05) is 32.2 Å². The standard InChI is InChI=1S/C15H31N3/c1-3-13-5-6-14(12-16)15(11-13)18-9-7-17(4-2)8-10-18/h13-15H,3-12,16H2,1-2H3. The number of piperazine rings is 1. The Kier molecular flexibility index (Phi) is 5.46. The molecular weight excluding hydrogens is 222 g/mol. The molecule has 106 valence electrons. The number of nitrogens with zero attached hydrogens (tertiary/aromatic N) is 2. The Morgan fingerprint density at radius 1 is 1.06 bits per heavy atom. The van der Waals surface area contributed by atoms with Crippen LogP contribution in [0.5, 0.6) is 0 Å². The quantitative estimate of drug-likeness (QED) is 0.829. The first-order valence-corrected chi connectivity index (χ1v) is 7.94. The average molecular weight is 253 g/mol. The van der Waals surface area contributed by atoms with Crippen molar-refractivity contribution >= 4 is 0 Å². The third-order valence-electron chi connectivity index (χ3n) is 5.27. The van der Waals surface area contributed by atoms with Gasteiger partial charge in [-0.05, 0) is 37.8 Å². The summed E-state index contributed by atoms with van der Waals surface area (Å²) >= 11 is 0. The van der Waals surface area contributed by atoms with Gasteiger partial charge < -0.3 is 10.6 Å². The molecule has 1 saturated carbocycles. The lowest BCUT2D eigenvalue weighted by molar-refractivity contribution is 0.0382. The fourth-order valence-electron chi connectivity index (χ4n) is 3.80. The lowest BCUT2D eigenvalue weighted by Crippen LogP contribution is -2.54. The minimum Gasteiger partial charge on any atom is -0.330 e. The van der Waals surface area contributed by atoms with E-state index in [1.165, 1.54) is 58.4 Å². The Bertz CT molecular complexity index is 236. The molecule has 3 heteroatoms. The third-order valence-corrected chi connectivity index (χ3v) is 5.27. The van der Waals surface area contributed by atoms with E-state index in [0.717, 1.165) is 24.4 Å². The molecule has 3 nitrogen and oxygen atoms in total. The molecule has 18 heavy (non-hydrogen) atoms. The molecule has 3 atom stereocenters. The zero-order chi connectivity index (χ0) is 13.0. The van der Waals surface area contributed by atoms with Crippen molar-refractivity contribution in [2.45, 2.75) is 45.6 Å². The second-order valence-electron chi connectivity index (χ2n) is 6.12. The minimum absolute atomic E-state index is 0.751. The van der Waals surface area contributed by atoms with Crippen LogP contribution in [0.4, 0.5) is 0 Å². The summed E-state index contributed by atoms with van der Waals surface area (Å²) in [5.74, 6) is 1.70. The highest BCUT2D eigenvalue weighted by molar-refractivity contribution is 4.89. The summed E-state index contributed by atoms with van der Waals surface area (Å²) in [5.41, 5.74) is 6.00. The topological polar surface area (TPSA) is 32.5 Å². The SMILES string of the molecule is CCC1CCC(CN)C(N2CCN(CC)CC2)C1. The molecule has 0 bridgehead atoms. The van der Waals surface area contributed by atoms with E-state index in [2.05, 4.69) is 23.6 Å². The van der Waals surface area contributed by atoms with Crippen molar-refractivity contribution in [2.75, 3.05) is 39.3 Å². The van der Waals surface area contributed by atoms with Crippen LogP contribution >= 0.6 is 0 Å². The molecule has 0 amide bonds. The predicted molar refractivity (Wildman–Crippen MR) is 77.7 cm³/mol. The molecule has 2 fully saturated rings. The van der Waals surface area contributed by atoms with Gasteiger partial charge in [0.05, 0.1) is 0 Å². The largest absolute Gasteiger partial charge is 0.330 e. The molecule has 1 aliphatic heterocycles. The Balaban J connectivity index is 1.91. The van der Waals surface area contributed by atoms with Crippen LogP contribution in [0.3, 0.4) is 0 Å². The summed E-state index contributed by atoms with van der Waals surface area (Å²) in [6.07, 6.45) is 5.50. The molecule has 0 aromatic rings. The molecule has 2 rings (SSSR count). The zero-order valence-electron chi connectivity index (χ0n) is 12.3. The van der Waals surface area contributed by atoms with Crippen LogP contribution in [-0.4, -0.2) is 55.1 Å². The first-order valence-electron chi connectivity index (χ1n) is 7.94. The maximum absolute atomic E-state index is 6.00. The van der Waals surface area contributed by atoms with Crippen molar-refractivity contribution in [3.63, 3.8) is 0 Å². The molecule has 0 aromatic carbocycles. The van der Waals surface area contributed by atoms with E-state index in [1.807, 2.05) is 0 Å². The maximum Gasteiger partial charge on any atom is 0.0139 e. The fraction of sp³-hybridized carbons (Fsp3) is 1.00. The Hall–Kier alpha value is -0.120. The van der Waals surface area contributed by atoms with Crippen LogP contribution in [0.1, 0.15) is 39.5 Å². The summed E-state index contributed by atoms with van der Waals surface area (Å²) in [6, 6.07) is 0.771. The van der Waals surface area contributed by atoms with Gasteiger partial charge in [0.1, 0.15) is 0 Å². The van der Waals surface area contributed by atoms with Crippen LogP contribution in [0.2, 0.25) is 0 Å². The zero-order valence-corrected chi connectivity index (χ0v) is 12.3. The highest BCUT2D eigenvalue weighted by atomic mass is 15.3. The molecule has 0 radical (unpaired) electrons. The van der Waals surface area contributed by atoms with Crippen LogP contribution in [0, 0.1) is 11.8 Å². The lowest BCUT2D eigenvalue weighted by atomic mass is 9.76. The first kappa shape index (κ1) is 14.3. The summed E-state index contributed by atoms with van der Waals surface area (Å²) in [7, 11) is 0. The van der Waals surface area contributed by atoms with Crippen molar-refractivity contribution in [1.29, 1.82) is 0 Å². The van der Waals surface area contributed by atoms with Crippen molar-refractivity contribution in [2.24, 2.45) is 17.6 Å². The Morgan fingerprint density at radius 3 is 2.33 bits per heavy atom. The highest BCUT2D eigenvalue weighted by Crippen LogP contribution is 2.33. The first-order chi connectivity index (χ1) is 8.78. The van der Waals surface area contributed by atoms with E-state index in [0.29, 0.717) is 0 Å².